The molecular weight excluding hydrogens is 228 g/mol. The maximum atomic E-state index is 8.59. The standard InChI is InChI=1S/C12H18N6/c1-17-5-3-4-10(7-17)18(2)12-6-11(14-8-13)15-9-16-12/h6,9-10H,3-5,7H2,1-2H3,(H,14,15,16). The smallest absolute Gasteiger partial charge is 0.182 e. The molecule has 18 heavy (non-hydrogen) atoms. The second-order valence-electron chi connectivity index (χ2n) is 4.67. The van der Waals surface area contributed by atoms with Crippen LogP contribution in [0.25, 0.3) is 0 Å². The molecule has 1 unspecified atom stereocenters. The van der Waals surface area contributed by atoms with Crippen LogP contribution in [0.4, 0.5) is 11.6 Å². The Kier molecular flexibility index (Phi) is 3.95. The Morgan fingerprint density at radius 2 is 2.39 bits per heavy atom. The Hall–Kier alpha value is -1.87. The van der Waals surface area contributed by atoms with Crippen LogP contribution in [0.3, 0.4) is 0 Å². The Labute approximate surface area is 107 Å². The van der Waals surface area contributed by atoms with E-state index in [9.17, 15) is 0 Å². The Balaban J connectivity index is 2.10. The molecule has 2 heterocycles. The summed E-state index contributed by atoms with van der Waals surface area (Å²) in [5.74, 6) is 1.39. The van der Waals surface area contributed by atoms with Crippen LogP contribution < -0.4 is 10.2 Å². The highest BCUT2D eigenvalue weighted by molar-refractivity contribution is 5.50. The van der Waals surface area contributed by atoms with Gasteiger partial charge >= 0.3 is 0 Å². The molecule has 2 rings (SSSR count). The maximum Gasteiger partial charge on any atom is 0.182 e. The molecule has 96 valence electrons. The summed E-state index contributed by atoms with van der Waals surface area (Å²) >= 11 is 0. The first-order chi connectivity index (χ1) is 8.70. The molecule has 6 heteroatoms. The highest BCUT2D eigenvalue weighted by Crippen LogP contribution is 2.20. The second kappa shape index (κ2) is 5.65. The molecule has 0 spiro atoms. The van der Waals surface area contributed by atoms with E-state index in [0.717, 1.165) is 18.9 Å². The van der Waals surface area contributed by atoms with Gasteiger partial charge in [-0.3, -0.25) is 5.32 Å². The predicted octanol–water partition coefficient (Wildman–Crippen LogP) is 0.900. The first-order valence-electron chi connectivity index (χ1n) is 6.09. The summed E-state index contributed by atoms with van der Waals surface area (Å²) in [6, 6.07) is 2.27. The number of rotatable bonds is 3. The molecule has 6 nitrogen and oxygen atoms in total. The summed E-state index contributed by atoms with van der Waals surface area (Å²) in [6.07, 6.45) is 5.73. The van der Waals surface area contributed by atoms with Gasteiger partial charge in [0.1, 0.15) is 18.0 Å². The molecule has 1 aromatic heterocycles. The number of hydrogen-bond acceptors (Lipinski definition) is 6. The summed E-state index contributed by atoms with van der Waals surface area (Å²) in [4.78, 5) is 12.8. The molecule has 0 amide bonds. The summed E-state index contributed by atoms with van der Waals surface area (Å²) in [5.41, 5.74) is 0. The zero-order valence-corrected chi connectivity index (χ0v) is 10.8. The van der Waals surface area contributed by atoms with E-state index in [1.54, 1.807) is 6.07 Å². The average Bonchev–Trinajstić information content (AvgIpc) is 2.39. The van der Waals surface area contributed by atoms with E-state index in [1.165, 1.54) is 19.2 Å². The third kappa shape index (κ3) is 2.87. The van der Waals surface area contributed by atoms with Crippen molar-refractivity contribution in [2.75, 3.05) is 37.4 Å². The van der Waals surface area contributed by atoms with Gasteiger partial charge in [-0.25, -0.2) is 9.97 Å². The van der Waals surface area contributed by atoms with E-state index >= 15 is 0 Å². The first kappa shape index (κ1) is 12.6. The van der Waals surface area contributed by atoms with Crippen molar-refractivity contribution in [2.45, 2.75) is 18.9 Å². The van der Waals surface area contributed by atoms with Gasteiger partial charge in [0.25, 0.3) is 0 Å². The van der Waals surface area contributed by atoms with E-state index < -0.39 is 0 Å². The van der Waals surface area contributed by atoms with Crippen LogP contribution in [0.2, 0.25) is 0 Å². The van der Waals surface area contributed by atoms with Crippen molar-refractivity contribution >= 4 is 11.6 Å². The lowest BCUT2D eigenvalue weighted by Crippen LogP contribution is -2.45. The van der Waals surface area contributed by atoms with Crippen LogP contribution >= 0.6 is 0 Å². The Morgan fingerprint density at radius 3 is 3.11 bits per heavy atom. The van der Waals surface area contributed by atoms with Crippen molar-refractivity contribution in [3.63, 3.8) is 0 Å². The molecule has 0 radical (unpaired) electrons. The van der Waals surface area contributed by atoms with Gasteiger partial charge in [0, 0.05) is 25.7 Å². The minimum absolute atomic E-state index is 0.466. The quantitative estimate of drug-likeness (QED) is 0.631. The first-order valence-corrected chi connectivity index (χ1v) is 6.09. The largest absolute Gasteiger partial charge is 0.355 e. The summed E-state index contributed by atoms with van der Waals surface area (Å²) in [5, 5.41) is 11.1. The van der Waals surface area contributed by atoms with Crippen LogP contribution in [0.5, 0.6) is 0 Å². The molecule has 0 saturated carbocycles. The molecule has 1 saturated heterocycles. The SMILES string of the molecule is CN1CCCC(N(C)c2cc(NC#N)ncn2)C1. The Bertz CT molecular complexity index is 440. The Morgan fingerprint density at radius 1 is 1.56 bits per heavy atom. The van der Waals surface area contributed by atoms with Crippen LogP contribution in [0, 0.1) is 11.5 Å². The minimum Gasteiger partial charge on any atom is -0.355 e. The molecule has 1 atom stereocenters. The lowest BCUT2D eigenvalue weighted by Gasteiger charge is -2.36. The molecule has 1 fully saturated rings. The fourth-order valence-electron chi connectivity index (χ4n) is 2.31. The summed E-state index contributed by atoms with van der Waals surface area (Å²) in [7, 11) is 4.19. The zero-order valence-electron chi connectivity index (χ0n) is 10.8. The lowest BCUT2D eigenvalue weighted by atomic mass is 10.1. The molecule has 0 bridgehead atoms. The number of nitrogens with one attached hydrogen (secondary N) is 1. The van der Waals surface area contributed by atoms with E-state index in [2.05, 4.69) is 32.1 Å². The molecule has 0 aromatic carbocycles. The zero-order chi connectivity index (χ0) is 13.0. The van der Waals surface area contributed by atoms with Crippen molar-refractivity contribution in [3.05, 3.63) is 12.4 Å². The van der Waals surface area contributed by atoms with Gasteiger partial charge in [-0.05, 0) is 26.4 Å². The van der Waals surface area contributed by atoms with Crippen molar-refractivity contribution in [1.29, 1.82) is 5.26 Å². The third-order valence-electron chi connectivity index (χ3n) is 3.35. The topological polar surface area (TPSA) is 68.1 Å². The molecule has 0 aliphatic carbocycles. The van der Waals surface area contributed by atoms with Crippen LogP contribution in [-0.4, -0.2) is 48.1 Å². The van der Waals surface area contributed by atoms with Gasteiger partial charge in [-0.2, -0.15) is 5.26 Å². The number of piperidine rings is 1. The van der Waals surface area contributed by atoms with Gasteiger partial charge in [0.2, 0.25) is 0 Å². The number of likely N-dealkylation sites (N-methyl/N-ethyl adjacent to an activating group) is 2. The minimum atomic E-state index is 0.466. The van der Waals surface area contributed by atoms with Crippen LogP contribution in [0.15, 0.2) is 12.4 Å². The fourth-order valence-corrected chi connectivity index (χ4v) is 2.31. The van der Waals surface area contributed by atoms with Gasteiger partial charge in [-0.1, -0.05) is 0 Å². The molecule has 1 aromatic rings. The van der Waals surface area contributed by atoms with Crippen molar-refractivity contribution in [1.82, 2.24) is 14.9 Å². The van der Waals surface area contributed by atoms with Crippen molar-refractivity contribution in [3.8, 4) is 6.19 Å². The highest BCUT2D eigenvalue weighted by atomic mass is 15.2. The highest BCUT2D eigenvalue weighted by Gasteiger charge is 2.22. The fraction of sp³-hybridized carbons (Fsp3) is 0.583. The molecular formula is C12H18N6. The van der Waals surface area contributed by atoms with Gasteiger partial charge in [-0.15, -0.1) is 0 Å². The lowest BCUT2D eigenvalue weighted by molar-refractivity contribution is 0.247. The maximum absolute atomic E-state index is 8.59. The molecule has 1 aliphatic heterocycles. The molecule has 1 aliphatic rings. The number of nitriles is 1. The van der Waals surface area contributed by atoms with E-state index in [1.807, 2.05) is 13.2 Å². The number of aromatic nitrogens is 2. The van der Waals surface area contributed by atoms with Crippen LogP contribution in [-0.2, 0) is 0 Å². The normalized spacial score (nSPS) is 20.2. The summed E-state index contributed by atoms with van der Waals surface area (Å²) in [6.45, 7) is 2.21. The third-order valence-corrected chi connectivity index (χ3v) is 3.35. The van der Waals surface area contributed by atoms with Crippen molar-refractivity contribution in [2.24, 2.45) is 0 Å². The number of anilines is 2. The summed E-state index contributed by atoms with van der Waals surface area (Å²) < 4.78 is 0. The van der Waals surface area contributed by atoms with Gasteiger partial charge in [0.05, 0.1) is 0 Å². The second-order valence-corrected chi connectivity index (χ2v) is 4.67. The number of likely N-dealkylation sites (tertiary alicyclic amines) is 1. The van der Waals surface area contributed by atoms with E-state index in [4.69, 9.17) is 5.26 Å². The predicted molar refractivity (Wildman–Crippen MR) is 70.2 cm³/mol. The van der Waals surface area contributed by atoms with E-state index in [0.29, 0.717) is 11.9 Å². The van der Waals surface area contributed by atoms with Crippen LogP contribution in [0.1, 0.15) is 12.8 Å². The number of nitrogens with zero attached hydrogens (tertiary/aromatic N) is 5. The van der Waals surface area contributed by atoms with Gasteiger partial charge in [0.15, 0.2) is 6.19 Å². The van der Waals surface area contributed by atoms with Crippen molar-refractivity contribution < 1.29 is 0 Å². The van der Waals surface area contributed by atoms with Gasteiger partial charge < -0.3 is 9.80 Å². The number of hydrogen-bond donors (Lipinski definition) is 1. The average molecular weight is 246 g/mol. The monoisotopic (exact) mass is 246 g/mol. The molecule has 1 N–H and O–H groups in total. The van der Waals surface area contributed by atoms with E-state index in [-0.39, 0.29) is 0 Å².